The molecule has 0 aromatic heterocycles. The van der Waals surface area contributed by atoms with Crippen LogP contribution in [0.1, 0.15) is 13.8 Å². The highest BCUT2D eigenvalue weighted by atomic mass is 32.2. The molecule has 0 heterocycles. The molecule has 0 saturated heterocycles. The number of hydrogen-bond donors (Lipinski definition) is 1. The van der Waals surface area contributed by atoms with Gasteiger partial charge < -0.3 is 4.74 Å². The van der Waals surface area contributed by atoms with E-state index in [1.165, 1.54) is 24.3 Å². The van der Waals surface area contributed by atoms with E-state index in [0.29, 0.717) is 17.9 Å². The van der Waals surface area contributed by atoms with E-state index in [1.807, 2.05) is 13.8 Å². The van der Waals surface area contributed by atoms with Crippen molar-refractivity contribution in [1.29, 1.82) is 0 Å². The maximum absolute atomic E-state index is 13.6. The Morgan fingerprint density at radius 1 is 0.957 bits per heavy atom. The number of benzene rings is 2. The van der Waals surface area contributed by atoms with Crippen LogP contribution in [0.5, 0.6) is 5.75 Å². The van der Waals surface area contributed by atoms with E-state index in [9.17, 15) is 21.6 Å². The van der Waals surface area contributed by atoms with Crippen LogP contribution in [0, 0.1) is 17.5 Å². The molecule has 0 amide bonds. The summed E-state index contributed by atoms with van der Waals surface area (Å²) in [6.45, 7) is 3.67. The number of hydrogen-bond acceptors (Lipinski definition) is 3. The van der Waals surface area contributed by atoms with E-state index in [0.717, 1.165) is 0 Å². The Bertz CT molecular complexity index is 805. The average molecular weight is 345 g/mol. The zero-order valence-corrected chi connectivity index (χ0v) is 13.1. The van der Waals surface area contributed by atoms with Gasteiger partial charge in [0.2, 0.25) is 0 Å². The standard InChI is InChI=1S/C15H14F3NO3S/c1-9(2)22-11-5-3-10(4-6-11)19-23(20,21)13-8-7-12(16)14(17)15(13)18/h3-9,19H,1-2H3. The van der Waals surface area contributed by atoms with Gasteiger partial charge in [0, 0.05) is 5.69 Å². The first kappa shape index (κ1) is 17.1. The van der Waals surface area contributed by atoms with E-state index < -0.39 is 32.4 Å². The summed E-state index contributed by atoms with van der Waals surface area (Å²) < 4.78 is 71.3. The number of sulfonamides is 1. The SMILES string of the molecule is CC(C)Oc1ccc(NS(=O)(=O)c2ccc(F)c(F)c2F)cc1. The fourth-order valence-electron chi connectivity index (χ4n) is 1.80. The molecule has 2 aromatic rings. The van der Waals surface area contributed by atoms with Crippen molar-refractivity contribution in [3.05, 3.63) is 53.8 Å². The highest BCUT2D eigenvalue weighted by Crippen LogP contribution is 2.23. The first-order valence-corrected chi connectivity index (χ1v) is 8.12. The monoisotopic (exact) mass is 345 g/mol. The van der Waals surface area contributed by atoms with E-state index >= 15 is 0 Å². The van der Waals surface area contributed by atoms with Crippen LogP contribution in [0.15, 0.2) is 41.3 Å². The number of anilines is 1. The van der Waals surface area contributed by atoms with Crippen molar-refractivity contribution in [2.24, 2.45) is 0 Å². The van der Waals surface area contributed by atoms with E-state index in [4.69, 9.17) is 4.74 Å². The summed E-state index contributed by atoms with van der Waals surface area (Å²) in [6, 6.07) is 7.08. The van der Waals surface area contributed by atoms with Crippen LogP contribution in [0.25, 0.3) is 0 Å². The summed E-state index contributed by atoms with van der Waals surface area (Å²) in [7, 11) is -4.39. The summed E-state index contributed by atoms with van der Waals surface area (Å²) in [5.41, 5.74) is 0.130. The van der Waals surface area contributed by atoms with Crippen molar-refractivity contribution < 1.29 is 26.3 Å². The van der Waals surface area contributed by atoms with Crippen LogP contribution in [-0.4, -0.2) is 14.5 Å². The van der Waals surface area contributed by atoms with Gasteiger partial charge in [0.05, 0.1) is 6.10 Å². The molecule has 2 aromatic carbocycles. The van der Waals surface area contributed by atoms with Gasteiger partial charge >= 0.3 is 0 Å². The minimum atomic E-state index is -4.39. The highest BCUT2D eigenvalue weighted by molar-refractivity contribution is 7.92. The Morgan fingerprint density at radius 2 is 1.57 bits per heavy atom. The largest absolute Gasteiger partial charge is 0.491 e. The van der Waals surface area contributed by atoms with Gasteiger partial charge in [-0.2, -0.15) is 0 Å². The van der Waals surface area contributed by atoms with Crippen molar-refractivity contribution in [1.82, 2.24) is 0 Å². The fraction of sp³-hybridized carbons (Fsp3) is 0.200. The van der Waals surface area contributed by atoms with Gasteiger partial charge in [0.1, 0.15) is 10.6 Å². The second kappa shape index (κ2) is 6.49. The van der Waals surface area contributed by atoms with Crippen LogP contribution in [-0.2, 0) is 10.0 Å². The van der Waals surface area contributed by atoms with Crippen molar-refractivity contribution >= 4 is 15.7 Å². The number of nitrogens with one attached hydrogen (secondary N) is 1. The van der Waals surface area contributed by atoms with Crippen LogP contribution < -0.4 is 9.46 Å². The maximum Gasteiger partial charge on any atom is 0.264 e. The summed E-state index contributed by atoms with van der Waals surface area (Å²) in [5.74, 6) is -4.54. The summed E-state index contributed by atoms with van der Waals surface area (Å²) in [6.07, 6.45) is -0.0474. The van der Waals surface area contributed by atoms with Gasteiger partial charge in [-0.05, 0) is 50.2 Å². The highest BCUT2D eigenvalue weighted by Gasteiger charge is 2.24. The molecule has 2 rings (SSSR count). The van der Waals surface area contributed by atoms with Gasteiger partial charge in [-0.3, -0.25) is 4.72 Å². The molecule has 0 fully saturated rings. The predicted molar refractivity (Wildman–Crippen MR) is 79.3 cm³/mol. The first-order valence-electron chi connectivity index (χ1n) is 6.64. The quantitative estimate of drug-likeness (QED) is 0.841. The van der Waals surface area contributed by atoms with Crippen LogP contribution >= 0.6 is 0 Å². The Labute approximate surface area is 132 Å². The Kier molecular flexibility index (Phi) is 4.84. The van der Waals surface area contributed by atoms with Crippen molar-refractivity contribution in [3.8, 4) is 5.75 Å². The second-order valence-corrected chi connectivity index (χ2v) is 6.62. The molecule has 0 aliphatic rings. The van der Waals surface area contributed by atoms with Gasteiger partial charge in [0.25, 0.3) is 10.0 Å². The van der Waals surface area contributed by atoms with Gasteiger partial charge in [-0.1, -0.05) is 0 Å². The normalized spacial score (nSPS) is 11.6. The lowest BCUT2D eigenvalue weighted by Crippen LogP contribution is -2.16. The minimum absolute atomic E-state index is 0.0474. The average Bonchev–Trinajstić information content (AvgIpc) is 2.46. The number of rotatable bonds is 5. The molecule has 8 heteroatoms. The number of halogens is 3. The smallest absolute Gasteiger partial charge is 0.264 e. The Balaban J connectivity index is 2.27. The molecular formula is C15H14F3NO3S. The van der Waals surface area contributed by atoms with Gasteiger partial charge in [-0.15, -0.1) is 0 Å². The van der Waals surface area contributed by atoms with Crippen LogP contribution in [0.3, 0.4) is 0 Å². The van der Waals surface area contributed by atoms with E-state index in [2.05, 4.69) is 4.72 Å². The molecule has 4 nitrogen and oxygen atoms in total. The molecule has 124 valence electrons. The molecule has 0 unspecified atom stereocenters. The summed E-state index contributed by atoms with van der Waals surface area (Å²) >= 11 is 0. The lowest BCUT2D eigenvalue weighted by Gasteiger charge is -2.12. The molecule has 0 saturated carbocycles. The summed E-state index contributed by atoms with van der Waals surface area (Å²) in [4.78, 5) is -0.973. The lowest BCUT2D eigenvalue weighted by atomic mass is 10.3. The molecule has 0 spiro atoms. The molecular weight excluding hydrogens is 331 g/mol. The fourth-order valence-corrected chi connectivity index (χ4v) is 2.93. The van der Waals surface area contributed by atoms with Gasteiger partial charge in [-0.25, -0.2) is 21.6 Å². The Hall–Kier alpha value is -2.22. The molecule has 0 aliphatic carbocycles. The third-order valence-electron chi connectivity index (χ3n) is 2.77. The minimum Gasteiger partial charge on any atom is -0.491 e. The van der Waals surface area contributed by atoms with Crippen molar-refractivity contribution in [3.63, 3.8) is 0 Å². The third kappa shape index (κ3) is 3.95. The molecule has 23 heavy (non-hydrogen) atoms. The molecule has 0 bridgehead atoms. The van der Waals surface area contributed by atoms with Crippen molar-refractivity contribution in [2.45, 2.75) is 24.8 Å². The lowest BCUT2D eigenvalue weighted by molar-refractivity contribution is 0.242. The molecule has 0 radical (unpaired) electrons. The third-order valence-corrected chi connectivity index (χ3v) is 4.17. The first-order chi connectivity index (χ1) is 10.7. The summed E-state index contributed by atoms with van der Waals surface area (Å²) in [5, 5.41) is 0. The zero-order chi connectivity index (χ0) is 17.2. The zero-order valence-electron chi connectivity index (χ0n) is 12.3. The van der Waals surface area contributed by atoms with Crippen molar-refractivity contribution in [2.75, 3.05) is 4.72 Å². The van der Waals surface area contributed by atoms with Crippen LogP contribution in [0.2, 0.25) is 0 Å². The topological polar surface area (TPSA) is 55.4 Å². The molecule has 1 N–H and O–H groups in total. The predicted octanol–water partition coefficient (Wildman–Crippen LogP) is 3.69. The second-order valence-electron chi connectivity index (χ2n) is 4.97. The van der Waals surface area contributed by atoms with Gasteiger partial charge in [0.15, 0.2) is 17.5 Å². The molecule has 0 aliphatic heterocycles. The molecule has 0 atom stereocenters. The maximum atomic E-state index is 13.6. The van der Waals surface area contributed by atoms with E-state index in [-0.39, 0.29) is 11.8 Å². The Morgan fingerprint density at radius 3 is 2.13 bits per heavy atom. The number of ether oxygens (including phenoxy) is 1. The van der Waals surface area contributed by atoms with Crippen LogP contribution in [0.4, 0.5) is 18.9 Å². The van der Waals surface area contributed by atoms with E-state index in [1.54, 1.807) is 0 Å².